The van der Waals surface area contributed by atoms with Crippen LogP contribution in [0, 0.1) is 0 Å². The lowest BCUT2D eigenvalue weighted by atomic mass is 9.72. The van der Waals surface area contributed by atoms with Crippen LogP contribution in [0.5, 0.6) is 0 Å². The van der Waals surface area contributed by atoms with Gasteiger partial charge in [-0.2, -0.15) is 0 Å². The smallest absolute Gasteiger partial charge is 0.429 e. The van der Waals surface area contributed by atoms with Crippen molar-refractivity contribution >= 4 is 81.8 Å². The van der Waals surface area contributed by atoms with Crippen molar-refractivity contribution in [1.29, 1.82) is 0 Å². The lowest BCUT2D eigenvalue weighted by Gasteiger charge is -2.51. The van der Waals surface area contributed by atoms with Crippen LogP contribution in [0.4, 0.5) is 9.59 Å². The van der Waals surface area contributed by atoms with Crippen molar-refractivity contribution in [3.63, 3.8) is 0 Å². The van der Waals surface area contributed by atoms with Crippen LogP contribution < -0.4 is 0 Å². The molecule has 0 aromatic rings. The molecule has 8 nitrogen and oxygen atoms in total. The van der Waals surface area contributed by atoms with E-state index < -0.39 is 56.3 Å². The minimum Gasteiger partial charge on any atom is -0.444 e. The topological polar surface area (TPSA) is 84.1 Å². The van der Waals surface area contributed by atoms with E-state index in [2.05, 4.69) is 0 Å². The highest BCUT2D eigenvalue weighted by atomic mass is 35.6. The molecular formula is C14H14Cl6N2O6. The Bertz CT molecular complexity index is 672. The molecule has 0 spiro atoms. The third-order valence-corrected chi connectivity index (χ3v) is 6.19. The highest BCUT2D eigenvalue weighted by molar-refractivity contribution is 6.68. The molecule has 0 aromatic heterocycles. The highest BCUT2D eigenvalue weighted by Crippen LogP contribution is 2.68. The van der Waals surface area contributed by atoms with Gasteiger partial charge in [0.1, 0.15) is 48.7 Å². The molecule has 5 aliphatic rings. The normalized spacial score (nSPS) is 40.6. The van der Waals surface area contributed by atoms with Gasteiger partial charge in [0.2, 0.25) is 7.59 Å². The molecule has 4 aliphatic heterocycles. The Labute approximate surface area is 190 Å². The number of ether oxygens (including phenoxy) is 4. The lowest BCUT2D eigenvalue weighted by Crippen LogP contribution is -2.76. The van der Waals surface area contributed by atoms with E-state index in [0.717, 1.165) is 10.0 Å². The predicted octanol–water partition coefficient (Wildman–Crippen LogP) is 3.60. The van der Waals surface area contributed by atoms with Crippen LogP contribution in [-0.2, 0) is 18.9 Å². The summed E-state index contributed by atoms with van der Waals surface area (Å²) >= 11 is 33.9. The number of rotatable bonds is 2. The van der Waals surface area contributed by atoms with E-state index in [4.69, 9.17) is 88.6 Å². The van der Waals surface area contributed by atoms with Gasteiger partial charge in [0.05, 0.1) is 0 Å². The molecule has 28 heavy (non-hydrogen) atoms. The maximum absolute atomic E-state index is 12.8. The molecule has 5 rings (SSSR count). The Morgan fingerprint density at radius 2 is 1.21 bits per heavy atom. The SMILES string of the molecule is CC12OC1(C)C1C3OC3C2N(C(=O)OCC(Cl)(Cl)Cl)N1C(=O)OCC(Cl)(Cl)Cl. The number of epoxide rings is 2. The van der Waals surface area contributed by atoms with E-state index >= 15 is 0 Å². The summed E-state index contributed by atoms with van der Waals surface area (Å²) in [6.07, 6.45) is -2.47. The maximum atomic E-state index is 12.8. The summed E-state index contributed by atoms with van der Waals surface area (Å²) in [5.41, 5.74) is -1.47. The van der Waals surface area contributed by atoms with Crippen molar-refractivity contribution in [3.05, 3.63) is 0 Å². The van der Waals surface area contributed by atoms with Gasteiger partial charge in [0.15, 0.2) is 0 Å². The number of amides is 2. The van der Waals surface area contributed by atoms with E-state index in [1.807, 2.05) is 13.8 Å². The van der Waals surface area contributed by atoms with Crippen LogP contribution in [0.3, 0.4) is 0 Å². The van der Waals surface area contributed by atoms with Crippen LogP contribution >= 0.6 is 69.6 Å². The zero-order valence-electron chi connectivity index (χ0n) is 14.3. The van der Waals surface area contributed by atoms with Gasteiger partial charge in [-0.05, 0) is 13.8 Å². The van der Waals surface area contributed by atoms with Crippen molar-refractivity contribution in [2.45, 2.75) is 56.9 Å². The van der Waals surface area contributed by atoms with Crippen molar-refractivity contribution < 1.29 is 28.5 Å². The molecule has 2 amide bonds. The molecule has 4 saturated heterocycles. The number of carbonyl (C=O) groups excluding carboxylic acids is 2. The lowest BCUT2D eigenvalue weighted by molar-refractivity contribution is -0.119. The molecule has 14 heteroatoms. The van der Waals surface area contributed by atoms with Crippen LogP contribution in [0.25, 0.3) is 0 Å². The monoisotopic (exact) mass is 516 g/mol. The minimum atomic E-state index is -1.82. The first kappa shape index (κ1) is 21.4. The molecule has 5 fully saturated rings. The molecular weight excluding hydrogens is 505 g/mol. The number of hydrogen-bond donors (Lipinski definition) is 0. The molecule has 0 aromatic carbocycles. The Morgan fingerprint density at radius 3 is 1.54 bits per heavy atom. The van der Waals surface area contributed by atoms with Crippen LogP contribution in [0.2, 0.25) is 0 Å². The van der Waals surface area contributed by atoms with Gasteiger partial charge in [-0.25, -0.2) is 19.6 Å². The fraction of sp³-hybridized carbons (Fsp3) is 0.857. The van der Waals surface area contributed by atoms with Crippen molar-refractivity contribution in [2.75, 3.05) is 13.2 Å². The number of hydrazine groups is 1. The summed E-state index contributed by atoms with van der Waals surface area (Å²) in [6, 6.07) is -1.29. The zero-order chi connectivity index (χ0) is 20.9. The van der Waals surface area contributed by atoms with Crippen molar-refractivity contribution in [2.24, 2.45) is 0 Å². The maximum Gasteiger partial charge on any atom is 0.429 e. The number of carbonyl (C=O) groups is 2. The second kappa shape index (κ2) is 6.36. The summed E-state index contributed by atoms with van der Waals surface area (Å²) in [7, 11) is 0. The summed E-state index contributed by atoms with van der Waals surface area (Å²) in [5, 5.41) is 2.18. The van der Waals surface area contributed by atoms with E-state index in [0.29, 0.717) is 0 Å². The summed E-state index contributed by atoms with van der Waals surface area (Å²) in [5.74, 6) is 0. The van der Waals surface area contributed by atoms with Gasteiger partial charge >= 0.3 is 12.2 Å². The van der Waals surface area contributed by atoms with E-state index in [1.54, 1.807) is 0 Å². The van der Waals surface area contributed by atoms with E-state index in [1.165, 1.54) is 0 Å². The molecule has 0 radical (unpaired) electrons. The molecule has 0 N–H and O–H groups in total. The van der Waals surface area contributed by atoms with Crippen molar-refractivity contribution in [3.8, 4) is 0 Å². The summed E-state index contributed by atoms with van der Waals surface area (Å²) in [4.78, 5) is 25.6. The van der Waals surface area contributed by atoms with Gasteiger partial charge in [-0.1, -0.05) is 69.6 Å². The quantitative estimate of drug-likeness (QED) is 0.410. The second-order valence-corrected chi connectivity index (χ2v) is 12.3. The molecule has 6 unspecified atom stereocenters. The zero-order valence-corrected chi connectivity index (χ0v) is 18.9. The minimum absolute atomic E-state index is 0.317. The number of nitrogens with zero attached hydrogens (tertiary/aromatic N) is 2. The molecule has 2 bridgehead atoms. The van der Waals surface area contributed by atoms with Gasteiger partial charge in [0, 0.05) is 0 Å². The molecule has 1 aliphatic carbocycles. The van der Waals surface area contributed by atoms with Gasteiger partial charge in [-0.3, -0.25) is 0 Å². The first-order valence-corrected chi connectivity index (χ1v) is 10.4. The van der Waals surface area contributed by atoms with E-state index in [9.17, 15) is 9.59 Å². The Morgan fingerprint density at radius 1 is 0.857 bits per heavy atom. The third kappa shape index (κ3) is 3.28. The highest BCUT2D eigenvalue weighted by Gasteiger charge is 2.89. The standard InChI is InChI=1S/C14H14Cl6N2O6/c1-11-7-5-6(27-5)8(12(11,2)28-11)22(10(24)26-4-14(18,19)20)21(7)9(23)25-3-13(15,16)17/h5-8H,3-4H2,1-2H3. The van der Waals surface area contributed by atoms with Crippen molar-refractivity contribution in [1.82, 2.24) is 10.0 Å². The second-order valence-electron chi connectivity index (χ2n) is 7.30. The number of hydrogen-bond acceptors (Lipinski definition) is 6. The fourth-order valence-electron chi connectivity index (χ4n) is 4.23. The average molecular weight is 519 g/mol. The summed E-state index contributed by atoms with van der Waals surface area (Å²) in [6.45, 7) is 2.62. The third-order valence-electron chi connectivity index (χ3n) is 5.53. The number of halogens is 6. The Hall–Kier alpha value is 0.200. The first-order chi connectivity index (χ1) is 12.7. The van der Waals surface area contributed by atoms with E-state index in [-0.39, 0.29) is 12.2 Å². The Balaban J connectivity index is 1.62. The molecule has 6 atom stereocenters. The number of fused-ring (bicyclic) bond motifs is 1. The van der Waals surface area contributed by atoms with Gasteiger partial charge in [0.25, 0.3) is 0 Å². The molecule has 158 valence electrons. The predicted molar refractivity (Wildman–Crippen MR) is 101 cm³/mol. The van der Waals surface area contributed by atoms with Crippen LogP contribution in [0.1, 0.15) is 13.8 Å². The Kier molecular flexibility index (Phi) is 4.87. The first-order valence-electron chi connectivity index (χ1n) is 8.11. The number of alkyl halides is 6. The molecule has 1 saturated carbocycles. The van der Waals surface area contributed by atoms with Crippen LogP contribution in [-0.4, -0.2) is 78.5 Å². The van der Waals surface area contributed by atoms with Gasteiger partial charge < -0.3 is 18.9 Å². The summed E-state index contributed by atoms with van der Waals surface area (Å²) < 4.78 is 18.2. The molecule has 4 heterocycles. The average Bonchev–Trinajstić information content (AvgIpc) is 3.42. The largest absolute Gasteiger partial charge is 0.444 e. The van der Waals surface area contributed by atoms with Gasteiger partial charge in [-0.15, -0.1) is 0 Å². The van der Waals surface area contributed by atoms with Crippen LogP contribution in [0.15, 0.2) is 0 Å². The fourth-order valence-corrected chi connectivity index (χ4v) is 4.56.